The first-order valence-corrected chi connectivity index (χ1v) is 4.77. The molecule has 15 heavy (non-hydrogen) atoms. The molecule has 1 aromatic carbocycles. The largest absolute Gasteiger partial charge is 0.398 e. The summed E-state index contributed by atoms with van der Waals surface area (Å²) in [6, 6.07) is 6.01. The lowest BCUT2D eigenvalue weighted by Gasteiger charge is -2.19. The molecule has 0 aliphatic heterocycles. The molecule has 1 N–H and O–H groups in total. The smallest absolute Gasteiger partial charge is 0.392 e. The van der Waals surface area contributed by atoms with E-state index < -0.39 is 11.6 Å². The van der Waals surface area contributed by atoms with E-state index in [-0.39, 0.29) is 19.4 Å². The van der Waals surface area contributed by atoms with Crippen LogP contribution in [0.4, 0.5) is 13.2 Å². The van der Waals surface area contributed by atoms with E-state index in [9.17, 15) is 13.2 Å². The fraction of sp³-hybridized carbons (Fsp3) is 0.455. The highest BCUT2D eigenvalue weighted by Crippen LogP contribution is 2.58. The Morgan fingerprint density at radius 1 is 1.13 bits per heavy atom. The highest BCUT2D eigenvalue weighted by Gasteiger charge is 2.64. The molecule has 82 valence electrons. The zero-order chi connectivity index (χ0) is 11.1. The van der Waals surface area contributed by atoms with Crippen molar-refractivity contribution in [1.29, 1.82) is 0 Å². The number of alkyl halides is 3. The van der Waals surface area contributed by atoms with Crippen LogP contribution in [-0.4, -0.2) is 11.3 Å². The van der Waals surface area contributed by atoms with Crippen molar-refractivity contribution in [3.63, 3.8) is 0 Å². The van der Waals surface area contributed by atoms with Crippen LogP contribution in [0.3, 0.4) is 0 Å². The van der Waals surface area contributed by atoms with Crippen molar-refractivity contribution in [1.82, 2.24) is 0 Å². The van der Waals surface area contributed by atoms with Gasteiger partial charge in [-0.05, 0) is 24.0 Å². The van der Waals surface area contributed by atoms with Crippen molar-refractivity contribution in [3.05, 3.63) is 35.4 Å². The summed E-state index contributed by atoms with van der Waals surface area (Å²) in [6.07, 6.45) is -3.81. The van der Waals surface area contributed by atoms with Crippen molar-refractivity contribution in [2.24, 2.45) is 0 Å². The van der Waals surface area contributed by atoms with Gasteiger partial charge < -0.3 is 5.11 Å². The minimum atomic E-state index is -4.16. The molecule has 1 fully saturated rings. The SMILES string of the molecule is OCc1ccc(C2(C(F)(F)F)CC2)cc1. The maximum absolute atomic E-state index is 12.7. The molecule has 1 aromatic rings. The van der Waals surface area contributed by atoms with Crippen molar-refractivity contribution < 1.29 is 18.3 Å². The molecule has 2 rings (SSSR count). The predicted molar refractivity (Wildman–Crippen MR) is 49.3 cm³/mol. The van der Waals surface area contributed by atoms with Gasteiger partial charge in [-0.3, -0.25) is 0 Å². The molecule has 0 aromatic heterocycles. The van der Waals surface area contributed by atoms with E-state index in [1.807, 2.05) is 0 Å². The van der Waals surface area contributed by atoms with Gasteiger partial charge in [0.25, 0.3) is 0 Å². The number of aliphatic hydroxyl groups excluding tert-OH is 1. The zero-order valence-corrected chi connectivity index (χ0v) is 8.01. The van der Waals surface area contributed by atoms with E-state index in [4.69, 9.17) is 5.11 Å². The van der Waals surface area contributed by atoms with E-state index in [0.29, 0.717) is 11.1 Å². The van der Waals surface area contributed by atoms with Crippen LogP contribution in [-0.2, 0) is 12.0 Å². The summed E-state index contributed by atoms with van der Waals surface area (Å²) in [4.78, 5) is 0. The van der Waals surface area contributed by atoms with Crippen molar-refractivity contribution in [3.8, 4) is 0 Å². The van der Waals surface area contributed by atoms with Crippen molar-refractivity contribution >= 4 is 0 Å². The maximum Gasteiger partial charge on any atom is 0.398 e. The molecule has 0 amide bonds. The molecule has 0 bridgehead atoms. The lowest BCUT2D eigenvalue weighted by Crippen LogP contribution is -2.28. The molecule has 1 nitrogen and oxygen atoms in total. The van der Waals surface area contributed by atoms with Crippen molar-refractivity contribution in [2.45, 2.75) is 31.0 Å². The third-order valence-corrected chi connectivity index (χ3v) is 2.98. The molecule has 0 saturated heterocycles. The third kappa shape index (κ3) is 1.63. The van der Waals surface area contributed by atoms with E-state index in [1.165, 1.54) is 12.1 Å². The molecule has 1 saturated carbocycles. The minimum absolute atomic E-state index is 0.140. The first-order valence-electron chi connectivity index (χ1n) is 4.77. The maximum atomic E-state index is 12.7. The lowest BCUT2D eigenvalue weighted by molar-refractivity contribution is -0.160. The van der Waals surface area contributed by atoms with Crippen molar-refractivity contribution in [2.75, 3.05) is 0 Å². The summed E-state index contributed by atoms with van der Waals surface area (Å²) >= 11 is 0. The van der Waals surface area contributed by atoms with Gasteiger partial charge >= 0.3 is 6.18 Å². The van der Waals surface area contributed by atoms with Gasteiger partial charge in [-0.15, -0.1) is 0 Å². The van der Waals surface area contributed by atoms with E-state index in [1.54, 1.807) is 12.1 Å². The van der Waals surface area contributed by atoms with Crippen LogP contribution in [0, 0.1) is 0 Å². The van der Waals surface area contributed by atoms with Crippen LogP contribution in [0.5, 0.6) is 0 Å². The molecule has 0 spiro atoms. The summed E-state index contributed by atoms with van der Waals surface area (Å²) in [7, 11) is 0. The van der Waals surface area contributed by atoms with E-state index in [2.05, 4.69) is 0 Å². The topological polar surface area (TPSA) is 20.2 Å². The summed E-state index contributed by atoms with van der Waals surface area (Å²) in [5.74, 6) is 0. The molecule has 1 aliphatic rings. The molecular formula is C11H11F3O. The Morgan fingerprint density at radius 2 is 1.67 bits per heavy atom. The van der Waals surface area contributed by atoms with Gasteiger partial charge in [-0.1, -0.05) is 24.3 Å². The Labute approximate surface area is 85.5 Å². The van der Waals surface area contributed by atoms with Gasteiger partial charge in [-0.2, -0.15) is 13.2 Å². The van der Waals surface area contributed by atoms with Crippen LogP contribution >= 0.6 is 0 Å². The summed E-state index contributed by atoms with van der Waals surface area (Å²) in [5, 5.41) is 8.78. The Kier molecular flexibility index (Phi) is 2.26. The summed E-state index contributed by atoms with van der Waals surface area (Å²) in [5.41, 5.74) is -0.662. The van der Waals surface area contributed by atoms with Crippen LogP contribution in [0.15, 0.2) is 24.3 Å². The molecule has 0 radical (unpaired) electrons. The lowest BCUT2D eigenvalue weighted by atomic mass is 9.94. The van der Waals surface area contributed by atoms with Gasteiger partial charge in [0.05, 0.1) is 12.0 Å². The standard InChI is InChI=1S/C11H11F3O/c12-11(13,14)10(5-6-10)9-3-1-8(7-15)2-4-9/h1-4,15H,5-7H2. The normalized spacial score (nSPS) is 18.9. The second-order valence-electron chi connectivity index (χ2n) is 3.93. The summed E-state index contributed by atoms with van der Waals surface area (Å²) in [6.45, 7) is -0.140. The Balaban J connectivity index is 2.30. The highest BCUT2D eigenvalue weighted by atomic mass is 19.4. The van der Waals surface area contributed by atoms with Gasteiger partial charge in [0.1, 0.15) is 0 Å². The number of hydrogen-bond acceptors (Lipinski definition) is 1. The highest BCUT2D eigenvalue weighted by molar-refractivity contribution is 5.35. The predicted octanol–water partition coefficient (Wildman–Crippen LogP) is 2.77. The Hall–Kier alpha value is -1.03. The zero-order valence-electron chi connectivity index (χ0n) is 8.01. The van der Waals surface area contributed by atoms with Gasteiger partial charge in [-0.25, -0.2) is 0 Å². The molecule has 1 aliphatic carbocycles. The third-order valence-electron chi connectivity index (χ3n) is 2.98. The monoisotopic (exact) mass is 216 g/mol. The molecule has 0 unspecified atom stereocenters. The molecule has 0 atom stereocenters. The number of benzene rings is 1. The molecular weight excluding hydrogens is 205 g/mol. The average Bonchev–Trinajstić information content (AvgIpc) is 2.98. The Morgan fingerprint density at radius 3 is 2.00 bits per heavy atom. The number of halogens is 3. The van der Waals surface area contributed by atoms with Gasteiger partial charge in [0.15, 0.2) is 0 Å². The number of hydrogen-bond donors (Lipinski definition) is 1. The average molecular weight is 216 g/mol. The van der Waals surface area contributed by atoms with Crippen LogP contribution < -0.4 is 0 Å². The quantitative estimate of drug-likeness (QED) is 0.805. The van der Waals surface area contributed by atoms with E-state index in [0.717, 1.165) is 0 Å². The second-order valence-corrected chi connectivity index (χ2v) is 3.93. The fourth-order valence-electron chi connectivity index (χ4n) is 1.79. The number of rotatable bonds is 2. The van der Waals surface area contributed by atoms with Crippen LogP contribution in [0.2, 0.25) is 0 Å². The first kappa shape index (κ1) is 10.5. The number of aliphatic hydroxyl groups is 1. The summed E-state index contributed by atoms with van der Waals surface area (Å²) < 4.78 is 38.1. The fourth-order valence-corrected chi connectivity index (χ4v) is 1.79. The minimum Gasteiger partial charge on any atom is -0.392 e. The van der Waals surface area contributed by atoms with E-state index >= 15 is 0 Å². The van der Waals surface area contributed by atoms with Gasteiger partial charge in [0, 0.05) is 0 Å². The first-order chi connectivity index (χ1) is 6.99. The molecule has 4 heteroatoms. The second kappa shape index (κ2) is 3.23. The van der Waals surface area contributed by atoms with Crippen LogP contribution in [0.1, 0.15) is 24.0 Å². The van der Waals surface area contributed by atoms with Gasteiger partial charge in [0.2, 0.25) is 0 Å². The molecule has 0 heterocycles. The Bertz CT molecular complexity index is 349. The van der Waals surface area contributed by atoms with Crippen LogP contribution in [0.25, 0.3) is 0 Å².